The zero-order valence-corrected chi connectivity index (χ0v) is 18.2. The van der Waals surface area contributed by atoms with Gasteiger partial charge in [-0.15, -0.1) is 0 Å². The Hall–Kier alpha value is -3.69. The second-order valence-electron chi connectivity index (χ2n) is 7.62. The average Bonchev–Trinajstić information content (AvgIpc) is 3.10. The lowest BCUT2D eigenvalue weighted by molar-refractivity contribution is -0.384. The molecular weight excluding hydrogens is 418 g/mol. The van der Waals surface area contributed by atoms with Crippen LogP contribution < -0.4 is 4.90 Å². The molecule has 0 saturated carbocycles. The van der Waals surface area contributed by atoms with Gasteiger partial charge < -0.3 is 19.4 Å². The first kappa shape index (κ1) is 23.0. The van der Waals surface area contributed by atoms with Crippen molar-refractivity contribution in [3.8, 4) is 0 Å². The van der Waals surface area contributed by atoms with Crippen LogP contribution in [0.5, 0.6) is 0 Å². The highest BCUT2D eigenvalue weighted by molar-refractivity contribution is 6.03. The molecule has 1 N–H and O–H groups in total. The summed E-state index contributed by atoms with van der Waals surface area (Å²) >= 11 is 0. The van der Waals surface area contributed by atoms with E-state index in [-0.39, 0.29) is 22.5 Å². The van der Waals surface area contributed by atoms with E-state index in [2.05, 4.69) is 4.98 Å². The lowest BCUT2D eigenvalue weighted by atomic mass is 10.1. The third kappa shape index (κ3) is 4.63. The molecular formula is C22H25N3O7. The predicted molar refractivity (Wildman–Crippen MR) is 115 cm³/mol. The molecule has 1 aliphatic heterocycles. The van der Waals surface area contributed by atoms with Crippen LogP contribution in [0.25, 0.3) is 0 Å². The summed E-state index contributed by atoms with van der Waals surface area (Å²) in [4.78, 5) is 52.7. The minimum Gasteiger partial charge on any atom is -0.465 e. The number of rotatable bonds is 7. The third-order valence-corrected chi connectivity index (χ3v) is 5.54. The Morgan fingerprint density at radius 3 is 2.44 bits per heavy atom. The predicted octanol–water partition coefficient (Wildman–Crippen LogP) is 3.36. The average molecular weight is 443 g/mol. The quantitative estimate of drug-likeness (QED) is 0.298. The summed E-state index contributed by atoms with van der Waals surface area (Å²) in [6.07, 6.45) is 3.00. The number of hydrogen-bond donors (Lipinski definition) is 1. The smallest absolute Gasteiger partial charge is 0.339 e. The van der Waals surface area contributed by atoms with Gasteiger partial charge in [-0.3, -0.25) is 14.9 Å². The molecule has 1 aliphatic rings. The summed E-state index contributed by atoms with van der Waals surface area (Å²) in [6.45, 7) is 4.09. The Balaban J connectivity index is 1.73. The second-order valence-corrected chi connectivity index (χ2v) is 7.62. The number of ketones is 1. The first-order valence-electron chi connectivity index (χ1n) is 10.3. The summed E-state index contributed by atoms with van der Waals surface area (Å²) in [5, 5.41) is 11.6. The standard InChI is InChI=1S/C22H25N3O7/c1-13-19(22(28)31-3)14(2)23-20(13)18(26)12-32-21(27)15-7-8-16(17(11-15)25(29)30)24-9-5-4-6-10-24/h7-8,11,23H,4-6,9-10,12H2,1-3H3. The molecule has 170 valence electrons. The first-order valence-corrected chi connectivity index (χ1v) is 10.3. The minimum atomic E-state index is -0.847. The van der Waals surface area contributed by atoms with Gasteiger partial charge in [0.25, 0.3) is 5.69 Å². The Morgan fingerprint density at radius 2 is 1.81 bits per heavy atom. The molecule has 0 unspecified atom stereocenters. The fraction of sp³-hybridized carbons (Fsp3) is 0.409. The number of anilines is 1. The van der Waals surface area contributed by atoms with Gasteiger partial charge in [0.05, 0.1) is 28.9 Å². The van der Waals surface area contributed by atoms with Crippen molar-refractivity contribution in [3.63, 3.8) is 0 Å². The van der Waals surface area contributed by atoms with Gasteiger partial charge in [0.1, 0.15) is 5.69 Å². The molecule has 0 aliphatic carbocycles. The molecule has 0 spiro atoms. The number of carbonyl (C=O) groups is 3. The lowest BCUT2D eigenvalue weighted by Crippen LogP contribution is -2.30. The number of nitro benzene ring substituents is 1. The minimum absolute atomic E-state index is 0.0140. The van der Waals surface area contributed by atoms with E-state index in [1.165, 1.54) is 19.2 Å². The number of nitrogens with zero attached hydrogens (tertiary/aromatic N) is 2. The molecule has 0 radical (unpaired) electrons. The number of H-pyrrole nitrogens is 1. The van der Waals surface area contributed by atoms with Crippen molar-refractivity contribution >= 4 is 29.1 Å². The number of nitrogens with one attached hydrogen (secondary N) is 1. The van der Waals surface area contributed by atoms with E-state index in [9.17, 15) is 24.5 Å². The van der Waals surface area contributed by atoms with Gasteiger partial charge >= 0.3 is 11.9 Å². The van der Waals surface area contributed by atoms with E-state index in [1.807, 2.05) is 4.90 Å². The number of methoxy groups -OCH3 is 1. The second kappa shape index (κ2) is 9.63. The Labute approximate surface area is 184 Å². The number of esters is 2. The van der Waals surface area contributed by atoms with Crippen LogP contribution in [0.2, 0.25) is 0 Å². The lowest BCUT2D eigenvalue weighted by Gasteiger charge is -2.28. The van der Waals surface area contributed by atoms with Crippen molar-refractivity contribution in [2.24, 2.45) is 0 Å². The van der Waals surface area contributed by atoms with Gasteiger partial charge in [-0.05, 0) is 50.8 Å². The molecule has 2 aromatic rings. The number of benzene rings is 1. The summed E-state index contributed by atoms with van der Waals surface area (Å²) in [5.74, 6) is -1.96. The molecule has 1 saturated heterocycles. The Morgan fingerprint density at radius 1 is 1.12 bits per heavy atom. The number of carbonyl (C=O) groups excluding carboxylic acids is 3. The number of nitro groups is 1. The topological polar surface area (TPSA) is 132 Å². The van der Waals surface area contributed by atoms with Crippen molar-refractivity contribution in [1.82, 2.24) is 4.98 Å². The molecule has 10 nitrogen and oxygen atoms in total. The number of aryl methyl sites for hydroxylation is 1. The molecule has 1 aromatic heterocycles. The molecule has 0 amide bonds. The summed E-state index contributed by atoms with van der Waals surface area (Å²) in [6, 6.07) is 4.18. The summed E-state index contributed by atoms with van der Waals surface area (Å²) in [7, 11) is 1.24. The van der Waals surface area contributed by atoms with Gasteiger partial charge in [-0.25, -0.2) is 9.59 Å². The van der Waals surface area contributed by atoms with E-state index in [4.69, 9.17) is 9.47 Å². The van der Waals surface area contributed by atoms with Gasteiger partial charge in [-0.2, -0.15) is 0 Å². The number of piperidine rings is 1. The fourth-order valence-electron chi connectivity index (χ4n) is 3.92. The molecule has 10 heteroatoms. The molecule has 0 atom stereocenters. The normalized spacial score (nSPS) is 13.5. The Bertz CT molecular complexity index is 1070. The van der Waals surface area contributed by atoms with Crippen molar-refractivity contribution in [2.45, 2.75) is 33.1 Å². The van der Waals surface area contributed by atoms with Crippen molar-refractivity contribution in [1.29, 1.82) is 0 Å². The maximum atomic E-state index is 12.5. The van der Waals surface area contributed by atoms with Crippen LogP contribution in [-0.2, 0) is 9.47 Å². The van der Waals surface area contributed by atoms with Gasteiger partial charge in [0, 0.05) is 24.8 Å². The third-order valence-electron chi connectivity index (χ3n) is 5.54. The van der Waals surface area contributed by atoms with Gasteiger partial charge in [-0.1, -0.05) is 0 Å². The molecule has 1 aromatic carbocycles. The van der Waals surface area contributed by atoms with Gasteiger partial charge in [0.2, 0.25) is 5.78 Å². The highest BCUT2D eigenvalue weighted by Gasteiger charge is 2.25. The number of aromatic amines is 1. The van der Waals surface area contributed by atoms with Crippen LogP contribution in [0.15, 0.2) is 18.2 Å². The van der Waals surface area contributed by atoms with Crippen molar-refractivity contribution in [2.75, 3.05) is 31.7 Å². The summed E-state index contributed by atoms with van der Waals surface area (Å²) in [5.41, 5.74) is 1.54. The molecule has 0 bridgehead atoms. The van der Waals surface area contributed by atoms with E-state index >= 15 is 0 Å². The van der Waals surface area contributed by atoms with E-state index in [0.29, 0.717) is 16.9 Å². The fourth-order valence-corrected chi connectivity index (χ4v) is 3.92. The highest BCUT2D eigenvalue weighted by Crippen LogP contribution is 2.31. The molecule has 3 rings (SSSR count). The van der Waals surface area contributed by atoms with Crippen LogP contribution in [0.1, 0.15) is 61.7 Å². The highest BCUT2D eigenvalue weighted by atomic mass is 16.6. The number of ether oxygens (including phenoxy) is 2. The van der Waals surface area contributed by atoms with E-state index in [0.717, 1.165) is 32.4 Å². The van der Waals surface area contributed by atoms with E-state index < -0.39 is 29.3 Å². The summed E-state index contributed by atoms with van der Waals surface area (Å²) < 4.78 is 9.81. The number of Topliss-reactive ketones (excluding diaryl/α,β-unsaturated/α-hetero) is 1. The Kier molecular flexibility index (Phi) is 6.92. The van der Waals surface area contributed by atoms with Crippen LogP contribution in [0.3, 0.4) is 0 Å². The van der Waals surface area contributed by atoms with Crippen LogP contribution in [0.4, 0.5) is 11.4 Å². The van der Waals surface area contributed by atoms with Crippen molar-refractivity contribution < 1.29 is 28.8 Å². The number of hydrogen-bond acceptors (Lipinski definition) is 8. The van der Waals surface area contributed by atoms with Crippen LogP contribution in [0, 0.1) is 24.0 Å². The maximum Gasteiger partial charge on any atom is 0.339 e. The SMILES string of the molecule is COC(=O)c1c(C)[nH]c(C(=O)COC(=O)c2ccc(N3CCCCC3)c([N+](=O)[O-])c2)c1C. The first-order chi connectivity index (χ1) is 15.2. The maximum absolute atomic E-state index is 12.5. The zero-order valence-electron chi connectivity index (χ0n) is 18.2. The molecule has 2 heterocycles. The van der Waals surface area contributed by atoms with Crippen molar-refractivity contribution in [3.05, 3.63) is 56.4 Å². The van der Waals surface area contributed by atoms with Gasteiger partial charge in [0.15, 0.2) is 6.61 Å². The van der Waals surface area contributed by atoms with E-state index in [1.54, 1.807) is 19.9 Å². The van der Waals surface area contributed by atoms with Crippen LogP contribution >= 0.6 is 0 Å². The van der Waals surface area contributed by atoms with Crippen LogP contribution in [-0.4, -0.2) is 54.4 Å². The largest absolute Gasteiger partial charge is 0.465 e. The molecule has 1 fully saturated rings. The monoisotopic (exact) mass is 443 g/mol. The molecule has 32 heavy (non-hydrogen) atoms. The number of aromatic nitrogens is 1. The zero-order chi connectivity index (χ0) is 23.4.